The van der Waals surface area contributed by atoms with Crippen molar-refractivity contribution in [3.05, 3.63) is 28.6 Å². The fourth-order valence-electron chi connectivity index (χ4n) is 1.55. The highest BCUT2D eigenvalue weighted by Gasteiger charge is 2.24. The molecule has 0 aliphatic carbocycles. The number of hydrogen-bond acceptors (Lipinski definition) is 5. The molecular formula is C15H16ClF3N2O4. The van der Waals surface area contributed by atoms with Crippen molar-refractivity contribution in [2.45, 2.75) is 32.5 Å². The Hall–Kier alpha value is -2.29. The SMILES string of the molecule is COC(=O)c1nc(C=CC(F)(F)F)cc(NC(=O)OC(C)(C)C)c1Cl. The number of halogens is 4. The molecule has 0 bridgehead atoms. The van der Waals surface area contributed by atoms with Gasteiger partial charge < -0.3 is 9.47 Å². The standard InChI is InChI=1S/C15H16ClF3N2O4/c1-14(2,3)25-13(23)21-9-7-8(5-6-15(17,18)19)20-11(10(9)16)12(22)24-4/h5-7H,1-4H3,(H,20,21,23). The highest BCUT2D eigenvalue weighted by Crippen LogP contribution is 2.28. The molecule has 6 nitrogen and oxygen atoms in total. The quantitative estimate of drug-likeness (QED) is 0.784. The summed E-state index contributed by atoms with van der Waals surface area (Å²) < 4.78 is 46.5. The van der Waals surface area contributed by atoms with Gasteiger partial charge in [-0.15, -0.1) is 0 Å². The lowest BCUT2D eigenvalue weighted by molar-refractivity contribution is -0.0790. The number of pyridine rings is 1. The number of anilines is 1. The van der Waals surface area contributed by atoms with Crippen molar-refractivity contribution in [1.29, 1.82) is 0 Å². The van der Waals surface area contributed by atoms with Crippen LogP contribution >= 0.6 is 11.6 Å². The zero-order chi connectivity index (χ0) is 19.4. The van der Waals surface area contributed by atoms with Gasteiger partial charge in [0.25, 0.3) is 0 Å². The van der Waals surface area contributed by atoms with Crippen LogP contribution in [0.15, 0.2) is 12.1 Å². The van der Waals surface area contributed by atoms with E-state index in [-0.39, 0.29) is 22.5 Å². The summed E-state index contributed by atoms with van der Waals surface area (Å²) in [7, 11) is 1.06. The highest BCUT2D eigenvalue weighted by atomic mass is 35.5. The fourth-order valence-corrected chi connectivity index (χ4v) is 1.77. The van der Waals surface area contributed by atoms with Crippen LogP contribution in [0.4, 0.5) is 23.7 Å². The van der Waals surface area contributed by atoms with Crippen LogP contribution in [0, 0.1) is 0 Å². The van der Waals surface area contributed by atoms with Crippen LogP contribution in [0.3, 0.4) is 0 Å². The first-order valence-corrected chi connectivity index (χ1v) is 7.25. The number of carbonyl (C=O) groups excluding carboxylic acids is 2. The lowest BCUT2D eigenvalue weighted by Crippen LogP contribution is -2.27. The molecule has 1 aromatic rings. The van der Waals surface area contributed by atoms with Gasteiger partial charge in [0.2, 0.25) is 0 Å². The number of aromatic nitrogens is 1. The molecule has 1 heterocycles. The predicted octanol–water partition coefficient (Wildman–Crippen LogP) is 4.44. The first-order chi connectivity index (χ1) is 11.3. The molecule has 0 fully saturated rings. The number of alkyl halides is 3. The summed E-state index contributed by atoms with van der Waals surface area (Å²) >= 11 is 5.98. The summed E-state index contributed by atoms with van der Waals surface area (Å²) in [5.41, 5.74) is -1.66. The largest absolute Gasteiger partial charge is 0.464 e. The molecule has 0 saturated carbocycles. The number of hydrogen-bond donors (Lipinski definition) is 1. The molecule has 0 radical (unpaired) electrons. The number of methoxy groups -OCH3 is 1. The number of esters is 1. The summed E-state index contributed by atoms with van der Waals surface area (Å²) in [5, 5.41) is 1.98. The molecule has 1 aromatic heterocycles. The van der Waals surface area contributed by atoms with Crippen LogP contribution < -0.4 is 5.32 Å². The third-order valence-electron chi connectivity index (χ3n) is 2.43. The Kier molecular flexibility index (Phi) is 6.42. The average molecular weight is 381 g/mol. The Balaban J connectivity index is 3.28. The van der Waals surface area contributed by atoms with Crippen LogP contribution in [0.25, 0.3) is 6.08 Å². The maximum absolute atomic E-state index is 12.3. The van der Waals surface area contributed by atoms with Gasteiger partial charge in [-0.1, -0.05) is 11.6 Å². The van der Waals surface area contributed by atoms with E-state index in [4.69, 9.17) is 16.3 Å². The third-order valence-corrected chi connectivity index (χ3v) is 2.82. The number of ether oxygens (including phenoxy) is 2. The lowest BCUT2D eigenvalue weighted by Gasteiger charge is -2.20. The fraction of sp³-hybridized carbons (Fsp3) is 0.400. The van der Waals surface area contributed by atoms with E-state index in [1.165, 1.54) is 0 Å². The molecule has 1 amide bonds. The van der Waals surface area contributed by atoms with Gasteiger partial charge in [0.05, 0.1) is 23.5 Å². The van der Waals surface area contributed by atoms with Crippen molar-refractivity contribution in [2.24, 2.45) is 0 Å². The maximum atomic E-state index is 12.3. The minimum atomic E-state index is -4.58. The molecule has 0 atom stereocenters. The van der Waals surface area contributed by atoms with Crippen LogP contribution in [-0.2, 0) is 9.47 Å². The summed E-state index contributed by atoms with van der Waals surface area (Å²) in [5.74, 6) is -0.973. The van der Waals surface area contributed by atoms with E-state index >= 15 is 0 Å². The highest BCUT2D eigenvalue weighted by molar-refractivity contribution is 6.36. The molecule has 0 aliphatic heterocycles. The number of rotatable bonds is 3. The molecule has 0 spiro atoms. The number of amides is 1. The lowest BCUT2D eigenvalue weighted by atomic mass is 10.2. The summed E-state index contributed by atoms with van der Waals surface area (Å²) in [6.07, 6.45) is -4.92. The van der Waals surface area contributed by atoms with Gasteiger partial charge in [0.1, 0.15) is 5.60 Å². The molecule has 25 heavy (non-hydrogen) atoms. The van der Waals surface area contributed by atoms with E-state index in [1.807, 2.05) is 0 Å². The van der Waals surface area contributed by atoms with Crippen LogP contribution in [0.1, 0.15) is 37.0 Å². The van der Waals surface area contributed by atoms with Crippen LogP contribution in [0.5, 0.6) is 0 Å². The molecule has 138 valence electrons. The number of carbonyl (C=O) groups is 2. The molecule has 1 N–H and O–H groups in total. The first kappa shape index (κ1) is 20.8. The van der Waals surface area contributed by atoms with Gasteiger partial charge in [-0.25, -0.2) is 14.6 Å². The van der Waals surface area contributed by atoms with E-state index in [9.17, 15) is 22.8 Å². The summed E-state index contributed by atoms with van der Waals surface area (Å²) in [4.78, 5) is 27.2. The van der Waals surface area contributed by atoms with Crippen molar-refractivity contribution in [3.8, 4) is 0 Å². The minimum absolute atomic E-state index is 0.0679. The zero-order valence-corrected chi connectivity index (χ0v) is 14.6. The van der Waals surface area contributed by atoms with Gasteiger partial charge in [-0.05, 0) is 32.9 Å². The molecule has 10 heteroatoms. The molecular weight excluding hydrogens is 365 g/mol. The van der Waals surface area contributed by atoms with Crippen molar-refractivity contribution in [1.82, 2.24) is 4.98 Å². The van der Waals surface area contributed by atoms with Crippen molar-refractivity contribution in [2.75, 3.05) is 12.4 Å². The van der Waals surface area contributed by atoms with Crippen molar-refractivity contribution >= 4 is 35.4 Å². The summed E-state index contributed by atoms with van der Waals surface area (Å²) in [6, 6.07) is 1.07. The van der Waals surface area contributed by atoms with E-state index in [0.717, 1.165) is 13.2 Å². The monoisotopic (exact) mass is 380 g/mol. The number of allylic oxidation sites excluding steroid dienone is 1. The van der Waals surface area contributed by atoms with Gasteiger partial charge in [0.15, 0.2) is 5.69 Å². The van der Waals surface area contributed by atoms with Crippen molar-refractivity contribution < 1.29 is 32.2 Å². The molecule has 1 rings (SSSR count). The third kappa shape index (κ3) is 7.00. The number of nitrogens with zero attached hydrogens (tertiary/aromatic N) is 1. The van der Waals surface area contributed by atoms with E-state index in [2.05, 4.69) is 15.0 Å². The van der Waals surface area contributed by atoms with Gasteiger partial charge in [-0.2, -0.15) is 13.2 Å². The molecule has 0 aromatic carbocycles. The minimum Gasteiger partial charge on any atom is -0.464 e. The second-order valence-corrected chi connectivity index (χ2v) is 6.13. The average Bonchev–Trinajstić information content (AvgIpc) is 2.44. The Morgan fingerprint density at radius 1 is 1.28 bits per heavy atom. The molecule has 0 saturated heterocycles. The second kappa shape index (κ2) is 7.73. The topological polar surface area (TPSA) is 77.5 Å². The maximum Gasteiger partial charge on any atom is 0.412 e. The van der Waals surface area contributed by atoms with Crippen molar-refractivity contribution in [3.63, 3.8) is 0 Å². The Bertz CT molecular complexity index is 697. The van der Waals surface area contributed by atoms with Crippen LogP contribution in [-0.4, -0.2) is 35.9 Å². The van der Waals surface area contributed by atoms with E-state index < -0.39 is 29.5 Å². The molecule has 0 unspecified atom stereocenters. The Morgan fingerprint density at radius 3 is 2.36 bits per heavy atom. The van der Waals surface area contributed by atoms with Crippen LogP contribution in [0.2, 0.25) is 5.02 Å². The summed E-state index contributed by atoms with van der Waals surface area (Å²) in [6.45, 7) is 4.87. The van der Waals surface area contributed by atoms with Gasteiger partial charge in [-0.3, -0.25) is 5.32 Å². The smallest absolute Gasteiger partial charge is 0.412 e. The van der Waals surface area contributed by atoms with Gasteiger partial charge >= 0.3 is 18.2 Å². The van der Waals surface area contributed by atoms with E-state index in [1.54, 1.807) is 20.8 Å². The Morgan fingerprint density at radius 2 is 1.88 bits per heavy atom. The first-order valence-electron chi connectivity index (χ1n) is 6.87. The normalized spacial score (nSPS) is 12.2. The second-order valence-electron chi connectivity index (χ2n) is 5.75. The van der Waals surface area contributed by atoms with Gasteiger partial charge in [0, 0.05) is 6.08 Å². The predicted molar refractivity (Wildman–Crippen MR) is 85.5 cm³/mol. The molecule has 0 aliphatic rings. The number of nitrogens with one attached hydrogen (secondary N) is 1. The zero-order valence-electron chi connectivity index (χ0n) is 13.8. The Labute approximate surface area is 147 Å². The van der Waals surface area contributed by atoms with E-state index in [0.29, 0.717) is 6.08 Å².